The fourth-order valence-electron chi connectivity index (χ4n) is 1.92. The largest absolute Gasteiger partial charge is 0.464 e. The van der Waals surface area contributed by atoms with Crippen LogP contribution in [0.1, 0.15) is 18.2 Å². The Hall–Kier alpha value is -1.94. The van der Waals surface area contributed by atoms with E-state index in [1.165, 1.54) is 5.56 Å². The number of aliphatic hydroxyl groups is 1. The van der Waals surface area contributed by atoms with Crippen molar-refractivity contribution in [1.82, 2.24) is 4.98 Å². The number of rotatable bonds is 4. The topological polar surface area (TPSA) is 59.4 Å². The second-order valence-corrected chi connectivity index (χ2v) is 4.47. The van der Waals surface area contributed by atoms with Crippen molar-refractivity contribution in [2.45, 2.75) is 26.4 Å². The van der Waals surface area contributed by atoms with Crippen molar-refractivity contribution in [3.63, 3.8) is 0 Å². The summed E-state index contributed by atoms with van der Waals surface area (Å²) in [5.74, 6) is -0.603. The predicted octanol–water partition coefficient (Wildman–Crippen LogP) is 2.01. The molecule has 4 nitrogen and oxygen atoms in total. The van der Waals surface area contributed by atoms with Gasteiger partial charge in [-0.05, 0) is 32.0 Å². The van der Waals surface area contributed by atoms with Crippen molar-refractivity contribution in [1.29, 1.82) is 0 Å². The fraction of sp³-hybridized carbons (Fsp3) is 0.333. The molecule has 2 aromatic rings. The quantitative estimate of drug-likeness (QED) is 0.853. The number of benzene rings is 1. The van der Waals surface area contributed by atoms with Gasteiger partial charge in [0.05, 0.1) is 12.1 Å². The van der Waals surface area contributed by atoms with Crippen molar-refractivity contribution in [2.24, 2.45) is 0 Å². The first-order valence-corrected chi connectivity index (χ1v) is 6.31. The first-order chi connectivity index (χ1) is 9.10. The smallest absolute Gasteiger partial charge is 0.335 e. The minimum absolute atomic E-state index is 0.169. The van der Waals surface area contributed by atoms with Gasteiger partial charge in [0.25, 0.3) is 0 Å². The summed E-state index contributed by atoms with van der Waals surface area (Å²) in [5, 5.41) is 10.8. The number of aromatic nitrogens is 1. The van der Waals surface area contributed by atoms with Gasteiger partial charge in [-0.1, -0.05) is 17.7 Å². The van der Waals surface area contributed by atoms with Gasteiger partial charge in [-0.15, -0.1) is 0 Å². The molecule has 0 spiro atoms. The molecule has 1 unspecified atom stereocenters. The Labute approximate surface area is 112 Å². The maximum absolute atomic E-state index is 11.4. The molecule has 0 saturated carbocycles. The van der Waals surface area contributed by atoms with Crippen LogP contribution in [0.25, 0.3) is 10.9 Å². The third-order valence-corrected chi connectivity index (χ3v) is 2.86. The molecular weight excluding hydrogens is 242 g/mol. The first kappa shape index (κ1) is 13.5. The maximum atomic E-state index is 11.4. The Bertz CT molecular complexity index is 595. The molecule has 1 atom stereocenters. The summed E-state index contributed by atoms with van der Waals surface area (Å²) >= 11 is 0. The molecule has 1 N–H and O–H groups in total. The van der Waals surface area contributed by atoms with Crippen LogP contribution in [0.15, 0.2) is 30.3 Å². The van der Waals surface area contributed by atoms with E-state index >= 15 is 0 Å². The van der Waals surface area contributed by atoms with Crippen LogP contribution in [0, 0.1) is 6.92 Å². The van der Waals surface area contributed by atoms with Gasteiger partial charge in [-0.25, -0.2) is 4.79 Å². The number of carbonyl (C=O) groups excluding carboxylic acids is 1. The second kappa shape index (κ2) is 5.80. The average Bonchev–Trinajstić information content (AvgIpc) is 2.39. The van der Waals surface area contributed by atoms with Crippen LogP contribution in [-0.4, -0.2) is 28.8 Å². The van der Waals surface area contributed by atoms with E-state index in [0.29, 0.717) is 5.69 Å². The lowest BCUT2D eigenvalue weighted by molar-refractivity contribution is -0.152. The van der Waals surface area contributed by atoms with E-state index in [-0.39, 0.29) is 13.0 Å². The summed E-state index contributed by atoms with van der Waals surface area (Å²) in [6, 6.07) is 9.74. The Balaban J connectivity index is 2.17. The van der Waals surface area contributed by atoms with Gasteiger partial charge in [0, 0.05) is 17.5 Å². The molecule has 1 heterocycles. The molecule has 0 amide bonds. The highest BCUT2D eigenvalue weighted by Gasteiger charge is 2.17. The number of aliphatic hydroxyl groups excluding tert-OH is 1. The van der Waals surface area contributed by atoms with Crippen LogP contribution in [0.2, 0.25) is 0 Å². The van der Waals surface area contributed by atoms with Crippen molar-refractivity contribution in [3.05, 3.63) is 41.6 Å². The predicted molar refractivity (Wildman–Crippen MR) is 72.8 cm³/mol. The van der Waals surface area contributed by atoms with E-state index in [2.05, 4.69) is 4.98 Å². The van der Waals surface area contributed by atoms with Crippen LogP contribution < -0.4 is 0 Å². The fourth-order valence-corrected chi connectivity index (χ4v) is 1.92. The highest BCUT2D eigenvalue weighted by atomic mass is 16.5. The number of pyridine rings is 1. The Morgan fingerprint density at radius 3 is 2.89 bits per heavy atom. The number of aryl methyl sites for hydroxylation is 1. The third-order valence-electron chi connectivity index (χ3n) is 2.86. The second-order valence-electron chi connectivity index (χ2n) is 4.47. The minimum atomic E-state index is -1.16. The van der Waals surface area contributed by atoms with E-state index in [1.54, 1.807) is 6.92 Å². The van der Waals surface area contributed by atoms with E-state index in [1.807, 2.05) is 37.3 Å². The average molecular weight is 259 g/mol. The zero-order valence-electron chi connectivity index (χ0n) is 11.1. The van der Waals surface area contributed by atoms with Gasteiger partial charge >= 0.3 is 5.97 Å². The molecule has 4 heteroatoms. The van der Waals surface area contributed by atoms with Gasteiger partial charge in [0.2, 0.25) is 0 Å². The zero-order valence-corrected chi connectivity index (χ0v) is 11.1. The molecule has 2 rings (SSSR count). The summed E-state index contributed by atoms with van der Waals surface area (Å²) in [4.78, 5) is 15.8. The lowest BCUT2D eigenvalue weighted by Gasteiger charge is -2.09. The molecule has 0 aliphatic carbocycles. The van der Waals surface area contributed by atoms with Gasteiger partial charge in [0.15, 0.2) is 6.10 Å². The third kappa shape index (κ3) is 3.29. The zero-order chi connectivity index (χ0) is 13.8. The number of fused-ring (bicyclic) bond motifs is 1. The van der Waals surface area contributed by atoms with E-state index < -0.39 is 12.1 Å². The van der Waals surface area contributed by atoms with Gasteiger partial charge in [0.1, 0.15) is 0 Å². The number of hydrogen-bond acceptors (Lipinski definition) is 4. The number of hydrogen-bond donors (Lipinski definition) is 1. The van der Waals surface area contributed by atoms with Crippen LogP contribution in [0.4, 0.5) is 0 Å². The molecule has 0 bridgehead atoms. The van der Waals surface area contributed by atoms with Crippen LogP contribution in [0.3, 0.4) is 0 Å². The van der Waals surface area contributed by atoms with Crippen LogP contribution >= 0.6 is 0 Å². The SMILES string of the molecule is CCOC(=O)C(O)Cc1ccc2cc(C)ccc2n1. The van der Waals surface area contributed by atoms with Gasteiger partial charge in [-0.3, -0.25) is 4.98 Å². The normalized spacial score (nSPS) is 12.4. The minimum Gasteiger partial charge on any atom is -0.464 e. The molecule has 100 valence electrons. The lowest BCUT2D eigenvalue weighted by atomic mass is 10.1. The van der Waals surface area contributed by atoms with Crippen molar-refractivity contribution in [3.8, 4) is 0 Å². The van der Waals surface area contributed by atoms with Crippen molar-refractivity contribution < 1.29 is 14.6 Å². The Kier molecular flexibility index (Phi) is 4.12. The van der Waals surface area contributed by atoms with E-state index in [9.17, 15) is 9.90 Å². The molecule has 1 aromatic carbocycles. The van der Waals surface area contributed by atoms with Gasteiger partial charge < -0.3 is 9.84 Å². The number of ether oxygens (including phenoxy) is 1. The van der Waals surface area contributed by atoms with Crippen molar-refractivity contribution in [2.75, 3.05) is 6.61 Å². The van der Waals surface area contributed by atoms with E-state index in [0.717, 1.165) is 10.9 Å². The highest BCUT2D eigenvalue weighted by molar-refractivity contribution is 5.79. The summed E-state index contributed by atoms with van der Waals surface area (Å²) in [7, 11) is 0. The molecule has 0 fully saturated rings. The number of esters is 1. The summed E-state index contributed by atoms with van der Waals surface area (Å²) in [5.41, 5.74) is 2.71. The van der Waals surface area contributed by atoms with Gasteiger partial charge in [-0.2, -0.15) is 0 Å². The lowest BCUT2D eigenvalue weighted by Crippen LogP contribution is -2.25. The standard InChI is InChI=1S/C15H17NO3/c1-3-19-15(18)14(17)9-12-6-5-11-8-10(2)4-7-13(11)16-12/h4-8,14,17H,3,9H2,1-2H3. The monoisotopic (exact) mass is 259 g/mol. The van der Waals surface area contributed by atoms with Crippen molar-refractivity contribution >= 4 is 16.9 Å². The first-order valence-electron chi connectivity index (χ1n) is 6.31. The summed E-state index contributed by atoms with van der Waals surface area (Å²) < 4.78 is 4.76. The highest BCUT2D eigenvalue weighted by Crippen LogP contribution is 2.15. The molecule has 1 aromatic heterocycles. The molecule has 0 aliphatic heterocycles. The molecule has 19 heavy (non-hydrogen) atoms. The number of carbonyl (C=O) groups is 1. The molecular formula is C15H17NO3. The Morgan fingerprint density at radius 1 is 1.37 bits per heavy atom. The Morgan fingerprint density at radius 2 is 2.16 bits per heavy atom. The summed E-state index contributed by atoms with van der Waals surface area (Å²) in [6.45, 7) is 4.00. The maximum Gasteiger partial charge on any atom is 0.335 e. The van der Waals surface area contributed by atoms with E-state index in [4.69, 9.17) is 4.74 Å². The summed E-state index contributed by atoms with van der Waals surface area (Å²) in [6.07, 6.45) is -0.988. The van der Waals surface area contributed by atoms with Crippen LogP contribution in [-0.2, 0) is 16.0 Å². The molecule has 0 saturated heterocycles. The molecule has 0 aliphatic rings. The molecule has 0 radical (unpaired) electrons. The number of nitrogens with zero attached hydrogens (tertiary/aromatic N) is 1. The van der Waals surface area contributed by atoms with Crippen LogP contribution in [0.5, 0.6) is 0 Å².